The molecule has 3 rings (SSSR count). The van der Waals surface area contributed by atoms with Crippen molar-refractivity contribution in [3.05, 3.63) is 66.0 Å². The third-order valence-electron chi connectivity index (χ3n) is 3.49. The molecule has 0 aliphatic rings. The number of aryl methyl sites for hydroxylation is 1. The monoisotopic (exact) mass is 338 g/mol. The molecule has 0 N–H and O–H groups in total. The number of hydrogen-bond donors (Lipinski definition) is 0. The van der Waals surface area contributed by atoms with E-state index in [1.807, 2.05) is 0 Å². The molecule has 0 unspecified atom stereocenters. The van der Waals surface area contributed by atoms with Gasteiger partial charge in [0.05, 0.1) is 0 Å². The van der Waals surface area contributed by atoms with E-state index in [0.29, 0.717) is 6.07 Å². The quantitative estimate of drug-likeness (QED) is 0.598. The van der Waals surface area contributed by atoms with Gasteiger partial charge in [0.15, 0.2) is 5.69 Å². The molecular formula is C17H11F5N2. The van der Waals surface area contributed by atoms with Crippen LogP contribution in [0.3, 0.4) is 0 Å². The van der Waals surface area contributed by atoms with Gasteiger partial charge < -0.3 is 0 Å². The first kappa shape index (κ1) is 16.2. The highest BCUT2D eigenvalue weighted by atomic mass is 19.4. The average molecular weight is 338 g/mol. The average Bonchev–Trinajstić information content (AvgIpc) is 2.88. The predicted octanol–water partition coefficient (Wildman–Crippen LogP) is 5.05. The van der Waals surface area contributed by atoms with Crippen molar-refractivity contribution in [3.8, 4) is 22.3 Å². The molecule has 1 aromatic heterocycles. The first-order chi connectivity index (χ1) is 11.3. The number of alkyl halides is 3. The first-order valence-corrected chi connectivity index (χ1v) is 6.92. The van der Waals surface area contributed by atoms with Crippen LogP contribution in [0.5, 0.6) is 0 Å². The van der Waals surface area contributed by atoms with E-state index in [9.17, 15) is 22.0 Å². The normalized spacial score (nSPS) is 11.8. The highest BCUT2D eigenvalue weighted by molar-refractivity contribution is 5.84. The van der Waals surface area contributed by atoms with E-state index < -0.39 is 23.5 Å². The highest BCUT2D eigenvalue weighted by Gasteiger charge is 2.37. The van der Waals surface area contributed by atoms with Gasteiger partial charge in [0.1, 0.15) is 11.6 Å². The topological polar surface area (TPSA) is 17.8 Å². The fourth-order valence-corrected chi connectivity index (χ4v) is 2.57. The van der Waals surface area contributed by atoms with Crippen LogP contribution in [0.2, 0.25) is 0 Å². The molecule has 0 amide bonds. The molecule has 0 spiro atoms. The molecule has 0 radical (unpaired) electrons. The Kier molecular flexibility index (Phi) is 3.87. The second kappa shape index (κ2) is 5.74. The van der Waals surface area contributed by atoms with Crippen molar-refractivity contribution in [1.29, 1.82) is 0 Å². The van der Waals surface area contributed by atoms with Crippen molar-refractivity contribution in [2.45, 2.75) is 6.18 Å². The fraction of sp³-hybridized carbons (Fsp3) is 0.118. The molecule has 2 aromatic carbocycles. The van der Waals surface area contributed by atoms with Gasteiger partial charge in [0.25, 0.3) is 0 Å². The van der Waals surface area contributed by atoms with Crippen LogP contribution in [0, 0.1) is 11.6 Å². The lowest BCUT2D eigenvalue weighted by Gasteiger charge is -2.11. The molecule has 3 aromatic rings. The van der Waals surface area contributed by atoms with E-state index in [0.717, 1.165) is 16.8 Å². The Hall–Kier alpha value is -2.70. The van der Waals surface area contributed by atoms with E-state index in [-0.39, 0.29) is 22.3 Å². The molecule has 0 fully saturated rings. The minimum Gasteiger partial charge on any atom is -0.275 e. The van der Waals surface area contributed by atoms with Crippen LogP contribution in [0.25, 0.3) is 22.3 Å². The Balaban J connectivity index is 2.25. The highest BCUT2D eigenvalue weighted by Crippen LogP contribution is 2.40. The van der Waals surface area contributed by atoms with Crippen molar-refractivity contribution in [2.24, 2.45) is 7.05 Å². The number of hydrogen-bond acceptors (Lipinski definition) is 1. The summed E-state index contributed by atoms with van der Waals surface area (Å²) in [5, 5.41) is 3.47. The standard InChI is InChI=1S/C17H11F5N2/c1-24-9-15(16(23-24)17(20,21)22)14-5-3-2-4-13(14)10-6-11(18)8-12(19)7-10/h2-9H,1H3. The Morgan fingerprint density at radius 1 is 0.875 bits per heavy atom. The van der Waals surface area contributed by atoms with Gasteiger partial charge in [0.2, 0.25) is 0 Å². The van der Waals surface area contributed by atoms with E-state index in [2.05, 4.69) is 5.10 Å². The Morgan fingerprint density at radius 2 is 1.46 bits per heavy atom. The number of nitrogens with zero attached hydrogens (tertiary/aromatic N) is 2. The van der Waals surface area contributed by atoms with Crippen molar-refractivity contribution < 1.29 is 22.0 Å². The van der Waals surface area contributed by atoms with Crippen LogP contribution in [0.1, 0.15) is 5.69 Å². The maximum atomic E-state index is 13.5. The Labute approximate surface area is 134 Å². The zero-order valence-electron chi connectivity index (χ0n) is 12.4. The summed E-state index contributed by atoms with van der Waals surface area (Å²) in [6.07, 6.45) is -3.41. The summed E-state index contributed by atoms with van der Waals surface area (Å²) >= 11 is 0. The maximum Gasteiger partial charge on any atom is 0.435 e. The molecule has 2 nitrogen and oxygen atoms in total. The second-order valence-electron chi connectivity index (χ2n) is 5.27. The summed E-state index contributed by atoms with van der Waals surface area (Å²) in [5.41, 5.74) is -0.558. The summed E-state index contributed by atoms with van der Waals surface area (Å²) in [6.45, 7) is 0. The summed E-state index contributed by atoms with van der Waals surface area (Å²) in [7, 11) is 1.38. The van der Waals surface area contributed by atoms with Gasteiger partial charge in [-0.25, -0.2) is 8.78 Å². The first-order valence-electron chi connectivity index (χ1n) is 6.92. The summed E-state index contributed by atoms with van der Waals surface area (Å²) < 4.78 is 67.7. The molecule has 7 heteroatoms. The zero-order chi connectivity index (χ0) is 17.5. The van der Waals surface area contributed by atoms with Crippen molar-refractivity contribution in [3.63, 3.8) is 0 Å². The van der Waals surface area contributed by atoms with Crippen LogP contribution < -0.4 is 0 Å². The van der Waals surface area contributed by atoms with Gasteiger partial charge in [-0.3, -0.25) is 4.68 Å². The van der Waals surface area contributed by atoms with Gasteiger partial charge in [0, 0.05) is 24.9 Å². The van der Waals surface area contributed by atoms with E-state index in [1.165, 1.54) is 25.4 Å². The third kappa shape index (κ3) is 3.02. The lowest BCUT2D eigenvalue weighted by molar-refractivity contribution is -0.140. The largest absolute Gasteiger partial charge is 0.435 e. The van der Waals surface area contributed by atoms with Crippen LogP contribution in [0.4, 0.5) is 22.0 Å². The third-order valence-corrected chi connectivity index (χ3v) is 3.49. The lowest BCUT2D eigenvalue weighted by Crippen LogP contribution is -2.08. The van der Waals surface area contributed by atoms with E-state index in [4.69, 9.17) is 0 Å². The molecule has 1 heterocycles. The summed E-state index contributed by atoms with van der Waals surface area (Å²) in [4.78, 5) is 0. The van der Waals surface area contributed by atoms with Gasteiger partial charge in [-0.05, 0) is 28.8 Å². The van der Waals surface area contributed by atoms with E-state index in [1.54, 1.807) is 12.1 Å². The molecule has 124 valence electrons. The summed E-state index contributed by atoms with van der Waals surface area (Å²) in [6, 6.07) is 8.97. The molecule has 0 aliphatic carbocycles. The van der Waals surface area contributed by atoms with Gasteiger partial charge in [-0.1, -0.05) is 24.3 Å². The van der Waals surface area contributed by atoms with Crippen molar-refractivity contribution >= 4 is 0 Å². The number of aromatic nitrogens is 2. The van der Waals surface area contributed by atoms with Crippen molar-refractivity contribution in [1.82, 2.24) is 9.78 Å². The molecular weight excluding hydrogens is 327 g/mol. The fourth-order valence-electron chi connectivity index (χ4n) is 2.57. The van der Waals surface area contributed by atoms with Crippen molar-refractivity contribution in [2.75, 3.05) is 0 Å². The number of halogens is 5. The van der Waals surface area contributed by atoms with Crippen LogP contribution in [0.15, 0.2) is 48.7 Å². The van der Waals surface area contributed by atoms with Crippen LogP contribution in [-0.4, -0.2) is 9.78 Å². The zero-order valence-corrected chi connectivity index (χ0v) is 12.4. The van der Waals surface area contributed by atoms with E-state index >= 15 is 0 Å². The Bertz CT molecular complexity index is 876. The molecule has 0 aliphatic heterocycles. The number of rotatable bonds is 2. The molecule has 0 bridgehead atoms. The molecule has 0 atom stereocenters. The van der Waals surface area contributed by atoms with Gasteiger partial charge in [-0.15, -0.1) is 0 Å². The SMILES string of the molecule is Cn1cc(-c2ccccc2-c2cc(F)cc(F)c2)c(C(F)(F)F)n1. The molecule has 24 heavy (non-hydrogen) atoms. The number of benzene rings is 2. The van der Waals surface area contributed by atoms with Gasteiger partial charge in [-0.2, -0.15) is 18.3 Å². The summed E-state index contributed by atoms with van der Waals surface area (Å²) in [5.74, 6) is -1.61. The predicted molar refractivity (Wildman–Crippen MR) is 79.0 cm³/mol. The second-order valence-corrected chi connectivity index (χ2v) is 5.27. The Morgan fingerprint density at radius 3 is 2.04 bits per heavy atom. The lowest BCUT2D eigenvalue weighted by atomic mass is 9.94. The maximum absolute atomic E-state index is 13.5. The van der Waals surface area contributed by atoms with Crippen LogP contribution in [-0.2, 0) is 13.2 Å². The smallest absolute Gasteiger partial charge is 0.275 e. The molecule has 0 saturated heterocycles. The minimum absolute atomic E-state index is 0.148. The van der Waals surface area contributed by atoms with Crippen LogP contribution >= 0.6 is 0 Å². The van der Waals surface area contributed by atoms with Gasteiger partial charge >= 0.3 is 6.18 Å². The minimum atomic E-state index is -4.64. The molecule has 0 saturated carbocycles.